The summed E-state index contributed by atoms with van der Waals surface area (Å²) in [5, 5.41) is 7.10. The second-order valence-electron chi connectivity index (χ2n) is 6.68. The van der Waals surface area contributed by atoms with Gasteiger partial charge in [0.05, 0.1) is 24.0 Å². The number of aromatic nitrogens is 2. The third-order valence-corrected chi connectivity index (χ3v) is 4.47. The van der Waals surface area contributed by atoms with E-state index < -0.39 is 17.6 Å². The highest BCUT2D eigenvalue weighted by molar-refractivity contribution is 5.96. The summed E-state index contributed by atoms with van der Waals surface area (Å²) < 4.78 is 15.3. The molecule has 3 N–H and O–H groups in total. The molecule has 1 heterocycles. The first kappa shape index (κ1) is 20.1. The standard InChI is InChI=1S/C21H22FN5O2/c1-13-8-9-18(14(2)10-13)23-12-20(28)25-26-21(29)16-11-24-27(15(16)3)19-7-5-4-6-17(19)22/h4-11,23H,12H2,1-3H3,(H,25,28)(H,26,29). The van der Waals surface area contributed by atoms with Gasteiger partial charge in [0.2, 0.25) is 0 Å². The number of hydrazine groups is 1. The minimum absolute atomic E-state index is 0.00233. The zero-order valence-electron chi connectivity index (χ0n) is 16.4. The number of anilines is 1. The summed E-state index contributed by atoms with van der Waals surface area (Å²) >= 11 is 0. The molecule has 0 fully saturated rings. The Balaban J connectivity index is 1.58. The van der Waals surface area contributed by atoms with Crippen LogP contribution in [0.2, 0.25) is 0 Å². The average molecular weight is 395 g/mol. The Hall–Kier alpha value is -3.68. The van der Waals surface area contributed by atoms with Crippen LogP contribution < -0.4 is 16.2 Å². The fourth-order valence-corrected chi connectivity index (χ4v) is 2.92. The first-order valence-electron chi connectivity index (χ1n) is 9.06. The number of hydrogen-bond acceptors (Lipinski definition) is 4. The fraction of sp³-hybridized carbons (Fsp3) is 0.190. The molecule has 0 unspecified atom stereocenters. The minimum Gasteiger partial charge on any atom is -0.376 e. The number of rotatable bonds is 5. The summed E-state index contributed by atoms with van der Waals surface area (Å²) in [5.74, 6) is -1.39. The Morgan fingerprint density at radius 2 is 1.83 bits per heavy atom. The molecule has 150 valence electrons. The molecule has 0 aliphatic rings. The lowest BCUT2D eigenvalue weighted by atomic mass is 10.1. The molecule has 2 aromatic carbocycles. The SMILES string of the molecule is Cc1ccc(NCC(=O)NNC(=O)c2cnn(-c3ccccc3F)c2C)c(C)c1. The molecule has 1 aromatic heterocycles. The number of para-hydroxylation sites is 1. The highest BCUT2D eigenvalue weighted by Crippen LogP contribution is 2.17. The van der Waals surface area contributed by atoms with Crippen LogP contribution in [0.15, 0.2) is 48.7 Å². The maximum absolute atomic E-state index is 14.0. The maximum atomic E-state index is 14.0. The molecular weight excluding hydrogens is 373 g/mol. The van der Waals surface area contributed by atoms with Crippen LogP contribution in [0.1, 0.15) is 27.2 Å². The quantitative estimate of drug-likeness (QED) is 0.580. The maximum Gasteiger partial charge on any atom is 0.273 e. The van der Waals surface area contributed by atoms with Gasteiger partial charge >= 0.3 is 0 Å². The van der Waals surface area contributed by atoms with Crippen molar-refractivity contribution in [2.24, 2.45) is 0 Å². The van der Waals surface area contributed by atoms with Crippen LogP contribution in [-0.4, -0.2) is 28.1 Å². The largest absolute Gasteiger partial charge is 0.376 e. The second kappa shape index (κ2) is 8.55. The lowest BCUT2D eigenvalue weighted by Gasteiger charge is -2.11. The van der Waals surface area contributed by atoms with Crippen molar-refractivity contribution in [2.45, 2.75) is 20.8 Å². The third-order valence-electron chi connectivity index (χ3n) is 4.47. The van der Waals surface area contributed by atoms with E-state index in [1.165, 1.54) is 16.9 Å². The van der Waals surface area contributed by atoms with E-state index in [2.05, 4.69) is 21.3 Å². The van der Waals surface area contributed by atoms with Crippen molar-refractivity contribution < 1.29 is 14.0 Å². The van der Waals surface area contributed by atoms with Gasteiger partial charge in [-0.1, -0.05) is 29.8 Å². The van der Waals surface area contributed by atoms with Gasteiger partial charge in [0.1, 0.15) is 11.5 Å². The van der Waals surface area contributed by atoms with Gasteiger partial charge in [-0.15, -0.1) is 0 Å². The van der Waals surface area contributed by atoms with E-state index in [1.54, 1.807) is 25.1 Å². The summed E-state index contributed by atoms with van der Waals surface area (Å²) in [4.78, 5) is 24.4. The van der Waals surface area contributed by atoms with Gasteiger partial charge in [-0.2, -0.15) is 5.10 Å². The fourth-order valence-electron chi connectivity index (χ4n) is 2.92. The van der Waals surface area contributed by atoms with E-state index in [1.807, 2.05) is 32.0 Å². The van der Waals surface area contributed by atoms with Gasteiger partial charge in [0.25, 0.3) is 11.8 Å². The Morgan fingerprint density at radius 3 is 2.55 bits per heavy atom. The number of nitrogens with zero attached hydrogens (tertiary/aromatic N) is 2. The van der Waals surface area contributed by atoms with Crippen molar-refractivity contribution in [1.82, 2.24) is 20.6 Å². The first-order valence-corrected chi connectivity index (χ1v) is 9.06. The number of nitrogens with one attached hydrogen (secondary N) is 3. The van der Waals surface area contributed by atoms with Gasteiger partial charge in [0, 0.05) is 5.69 Å². The van der Waals surface area contributed by atoms with E-state index in [0.717, 1.165) is 16.8 Å². The molecule has 2 amide bonds. The van der Waals surface area contributed by atoms with E-state index in [9.17, 15) is 14.0 Å². The molecule has 8 heteroatoms. The molecule has 0 bridgehead atoms. The number of carbonyl (C=O) groups excluding carboxylic acids is 2. The molecule has 0 radical (unpaired) electrons. The monoisotopic (exact) mass is 395 g/mol. The molecule has 3 rings (SSSR count). The Bertz CT molecular complexity index is 1060. The van der Waals surface area contributed by atoms with Crippen molar-refractivity contribution in [1.29, 1.82) is 0 Å². The number of hydrogen-bond donors (Lipinski definition) is 3. The Morgan fingerprint density at radius 1 is 1.07 bits per heavy atom. The molecular formula is C21H22FN5O2. The molecule has 0 atom stereocenters. The highest BCUT2D eigenvalue weighted by atomic mass is 19.1. The molecule has 7 nitrogen and oxygen atoms in total. The average Bonchev–Trinajstić information content (AvgIpc) is 3.07. The van der Waals surface area contributed by atoms with Crippen LogP contribution in [0, 0.1) is 26.6 Å². The number of halogens is 1. The number of amides is 2. The molecule has 0 aliphatic heterocycles. The zero-order chi connectivity index (χ0) is 21.0. The van der Waals surface area contributed by atoms with Gasteiger partial charge < -0.3 is 5.32 Å². The zero-order valence-corrected chi connectivity index (χ0v) is 16.4. The second-order valence-corrected chi connectivity index (χ2v) is 6.68. The molecule has 0 spiro atoms. The van der Waals surface area contributed by atoms with E-state index >= 15 is 0 Å². The summed E-state index contributed by atoms with van der Waals surface area (Å²) in [5.41, 5.74) is 8.65. The molecule has 0 aliphatic carbocycles. The minimum atomic E-state index is -0.537. The lowest BCUT2D eigenvalue weighted by Crippen LogP contribution is -2.44. The smallest absolute Gasteiger partial charge is 0.273 e. The summed E-state index contributed by atoms with van der Waals surface area (Å²) in [6, 6.07) is 12.0. The first-order chi connectivity index (χ1) is 13.9. The number of carbonyl (C=O) groups is 2. The predicted molar refractivity (Wildman–Crippen MR) is 108 cm³/mol. The molecule has 3 aromatic rings. The van der Waals surface area contributed by atoms with Gasteiger partial charge in [-0.25, -0.2) is 9.07 Å². The number of benzene rings is 2. The van der Waals surface area contributed by atoms with Gasteiger partial charge in [0.15, 0.2) is 0 Å². The van der Waals surface area contributed by atoms with Crippen LogP contribution in [-0.2, 0) is 4.79 Å². The Kier molecular flexibility index (Phi) is 5.92. The van der Waals surface area contributed by atoms with Crippen molar-refractivity contribution in [2.75, 3.05) is 11.9 Å². The Labute approximate surface area is 167 Å². The topological polar surface area (TPSA) is 88.1 Å². The summed E-state index contributed by atoms with van der Waals surface area (Å²) in [6.45, 7) is 5.59. The molecule has 0 saturated carbocycles. The van der Waals surface area contributed by atoms with Crippen LogP contribution in [0.3, 0.4) is 0 Å². The van der Waals surface area contributed by atoms with Crippen LogP contribution in [0.4, 0.5) is 10.1 Å². The van der Waals surface area contributed by atoms with E-state index in [-0.39, 0.29) is 17.8 Å². The van der Waals surface area contributed by atoms with Crippen molar-refractivity contribution in [3.8, 4) is 5.69 Å². The van der Waals surface area contributed by atoms with Crippen molar-refractivity contribution in [3.63, 3.8) is 0 Å². The summed E-state index contributed by atoms with van der Waals surface area (Å²) in [7, 11) is 0. The van der Waals surface area contributed by atoms with Crippen LogP contribution in [0.25, 0.3) is 5.69 Å². The predicted octanol–water partition coefficient (Wildman–Crippen LogP) is 2.81. The van der Waals surface area contributed by atoms with Crippen LogP contribution >= 0.6 is 0 Å². The summed E-state index contributed by atoms with van der Waals surface area (Å²) in [6.07, 6.45) is 1.33. The molecule has 29 heavy (non-hydrogen) atoms. The van der Waals surface area contributed by atoms with E-state index in [0.29, 0.717) is 5.69 Å². The van der Waals surface area contributed by atoms with E-state index in [4.69, 9.17) is 0 Å². The van der Waals surface area contributed by atoms with Crippen molar-refractivity contribution in [3.05, 3.63) is 76.9 Å². The third kappa shape index (κ3) is 4.60. The normalized spacial score (nSPS) is 10.5. The molecule has 0 saturated heterocycles. The number of aryl methyl sites for hydroxylation is 2. The highest BCUT2D eigenvalue weighted by Gasteiger charge is 2.17. The van der Waals surface area contributed by atoms with Gasteiger partial charge in [-0.05, 0) is 44.5 Å². The van der Waals surface area contributed by atoms with Crippen molar-refractivity contribution >= 4 is 17.5 Å². The van der Waals surface area contributed by atoms with Crippen LogP contribution in [0.5, 0.6) is 0 Å². The van der Waals surface area contributed by atoms with Gasteiger partial charge in [-0.3, -0.25) is 20.4 Å². The lowest BCUT2D eigenvalue weighted by molar-refractivity contribution is -0.120.